The summed E-state index contributed by atoms with van der Waals surface area (Å²) >= 11 is 0. The van der Waals surface area contributed by atoms with Crippen molar-refractivity contribution in [2.45, 2.75) is 78.2 Å². The summed E-state index contributed by atoms with van der Waals surface area (Å²) in [4.78, 5) is 41.2. The summed E-state index contributed by atoms with van der Waals surface area (Å²) in [5.41, 5.74) is 0.985. The first-order chi connectivity index (χ1) is 20.4. The summed E-state index contributed by atoms with van der Waals surface area (Å²) < 4.78 is 47.1. The third-order valence-corrected chi connectivity index (χ3v) is 7.49. The summed E-state index contributed by atoms with van der Waals surface area (Å²) in [6, 6.07) is 11.9. The molecule has 0 saturated carbocycles. The lowest BCUT2D eigenvalue weighted by Gasteiger charge is -2.29. The Balaban J connectivity index is 1.91. The van der Waals surface area contributed by atoms with Crippen LogP contribution in [0.3, 0.4) is 0 Å². The first kappa shape index (κ1) is 33.0. The number of likely N-dealkylation sites (tertiary alicyclic amines) is 1. The first-order valence-corrected chi connectivity index (χ1v) is 16.1. The van der Waals surface area contributed by atoms with Crippen molar-refractivity contribution in [3.05, 3.63) is 59.2 Å². The van der Waals surface area contributed by atoms with Gasteiger partial charge in [0.1, 0.15) is 11.2 Å². The maximum atomic E-state index is 13.7. The van der Waals surface area contributed by atoms with Crippen LogP contribution in [0.1, 0.15) is 81.9 Å². The van der Waals surface area contributed by atoms with Crippen molar-refractivity contribution in [1.82, 2.24) is 9.47 Å². The highest BCUT2D eigenvalue weighted by Gasteiger charge is 2.34. The fourth-order valence-electron chi connectivity index (χ4n) is 5.32. The highest BCUT2D eigenvalue weighted by Crippen LogP contribution is 2.39. The van der Waals surface area contributed by atoms with Gasteiger partial charge in [-0.3, -0.25) is 4.18 Å². The van der Waals surface area contributed by atoms with E-state index in [0.717, 1.165) is 24.7 Å². The van der Waals surface area contributed by atoms with Gasteiger partial charge in [0.2, 0.25) is 0 Å². The van der Waals surface area contributed by atoms with E-state index in [4.69, 9.17) is 18.4 Å². The number of nitrogens with zero attached hydrogens (tertiary/aromatic N) is 2. The fourth-order valence-corrected chi connectivity index (χ4v) is 5.65. The zero-order valence-corrected chi connectivity index (χ0v) is 27.2. The summed E-state index contributed by atoms with van der Waals surface area (Å²) in [5, 5.41) is 0.305. The second kappa shape index (κ2) is 12.2. The lowest BCUT2D eigenvalue weighted by atomic mass is 9.99. The van der Waals surface area contributed by atoms with Crippen LogP contribution in [-0.2, 0) is 35.1 Å². The predicted molar refractivity (Wildman–Crippen MR) is 165 cm³/mol. The van der Waals surface area contributed by atoms with Gasteiger partial charge < -0.3 is 19.1 Å². The van der Waals surface area contributed by atoms with Crippen molar-refractivity contribution in [3.8, 4) is 11.3 Å². The lowest BCUT2D eigenvalue weighted by Crippen LogP contribution is -2.36. The van der Waals surface area contributed by atoms with Crippen LogP contribution >= 0.6 is 0 Å². The number of esters is 1. The minimum absolute atomic E-state index is 0.135. The normalized spacial score (nSPS) is 15.8. The maximum Gasteiger partial charge on any atom is 0.419 e. The minimum atomic E-state index is -3.90. The number of ether oxygens (including phenoxy) is 3. The summed E-state index contributed by atoms with van der Waals surface area (Å²) in [7, 11) is -2.67. The van der Waals surface area contributed by atoms with Gasteiger partial charge in [0.05, 0.1) is 42.8 Å². The number of fused-ring (bicyclic) bond motifs is 1. The minimum Gasteiger partial charge on any atom is -0.465 e. The Bertz CT molecular complexity index is 1680. The third-order valence-electron chi connectivity index (χ3n) is 6.94. The molecule has 12 heteroatoms. The van der Waals surface area contributed by atoms with Crippen LogP contribution in [0.15, 0.2) is 42.5 Å². The second-order valence-electron chi connectivity index (χ2n) is 12.8. The van der Waals surface area contributed by atoms with Gasteiger partial charge in [-0.1, -0.05) is 30.3 Å². The Morgan fingerprint density at radius 1 is 0.909 bits per heavy atom. The average molecular weight is 629 g/mol. The highest BCUT2D eigenvalue weighted by molar-refractivity contribution is 7.85. The number of amides is 1. The average Bonchev–Trinajstić information content (AvgIpc) is 3.52. The molecular formula is C32H40N2O9S. The van der Waals surface area contributed by atoms with E-state index in [9.17, 15) is 22.8 Å². The smallest absolute Gasteiger partial charge is 0.419 e. The number of carbonyl (C=O) groups excluding carboxylic acids is 3. The Hall–Kier alpha value is -3.90. The Morgan fingerprint density at radius 3 is 2.09 bits per heavy atom. The molecule has 1 aromatic heterocycles. The van der Waals surface area contributed by atoms with Crippen LogP contribution in [0.2, 0.25) is 0 Å². The largest absolute Gasteiger partial charge is 0.465 e. The zero-order chi connectivity index (χ0) is 32.6. The van der Waals surface area contributed by atoms with Crippen LogP contribution in [0.4, 0.5) is 9.59 Å². The van der Waals surface area contributed by atoms with Crippen molar-refractivity contribution < 1.29 is 41.2 Å². The number of methoxy groups -OCH3 is 1. The first-order valence-electron chi connectivity index (χ1n) is 14.3. The van der Waals surface area contributed by atoms with Crippen LogP contribution in [-0.4, -0.2) is 67.2 Å². The molecule has 0 aliphatic carbocycles. The Kier molecular flexibility index (Phi) is 9.18. The van der Waals surface area contributed by atoms with Gasteiger partial charge in [-0.2, -0.15) is 8.42 Å². The number of carbonyl (C=O) groups is 3. The second-order valence-corrected chi connectivity index (χ2v) is 14.4. The number of rotatable bonds is 6. The van der Waals surface area contributed by atoms with Crippen molar-refractivity contribution in [2.75, 3.05) is 19.9 Å². The number of aromatic nitrogens is 1. The molecule has 0 spiro atoms. The quantitative estimate of drug-likeness (QED) is 0.172. The van der Waals surface area contributed by atoms with E-state index in [0.29, 0.717) is 34.3 Å². The van der Waals surface area contributed by atoms with Crippen LogP contribution in [0.5, 0.6) is 0 Å². The topological polar surface area (TPSA) is 130 Å². The highest BCUT2D eigenvalue weighted by atomic mass is 32.2. The molecule has 0 radical (unpaired) electrons. The van der Waals surface area contributed by atoms with E-state index in [2.05, 4.69) is 0 Å². The van der Waals surface area contributed by atoms with Crippen molar-refractivity contribution >= 4 is 39.2 Å². The summed E-state index contributed by atoms with van der Waals surface area (Å²) in [6.45, 7) is 10.8. The van der Waals surface area contributed by atoms with Crippen molar-refractivity contribution in [3.63, 3.8) is 0 Å². The molecule has 1 aliphatic heterocycles. The molecule has 238 valence electrons. The van der Waals surface area contributed by atoms with Gasteiger partial charge in [0, 0.05) is 17.5 Å². The zero-order valence-electron chi connectivity index (χ0n) is 26.4. The maximum absolute atomic E-state index is 13.7. The van der Waals surface area contributed by atoms with Gasteiger partial charge in [0.15, 0.2) is 0 Å². The molecule has 1 fully saturated rings. The van der Waals surface area contributed by atoms with Gasteiger partial charge in [-0.25, -0.2) is 19.0 Å². The van der Waals surface area contributed by atoms with Gasteiger partial charge in [-0.15, -0.1) is 0 Å². The molecule has 44 heavy (non-hydrogen) atoms. The molecule has 1 saturated heterocycles. The molecule has 4 rings (SSSR count). The number of hydrogen-bond acceptors (Lipinski definition) is 9. The Labute approximate surface area is 258 Å². The molecule has 1 amide bonds. The number of hydrogen-bond donors (Lipinski definition) is 0. The third kappa shape index (κ3) is 7.41. The molecule has 0 bridgehead atoms. The molecule has 1 unspecified atom stereocenters. The van der Waals surface area contributed by atoms with Crippen LogP contribution in [0.25, 0.3) is 22.2 Å². The van der Waals surface area contributed by atoms with E-state index >= 15 is 0 Å². The molecule has 0 N–H and O–H groups in total. The summed E-state index contributed by atoms with van der Waals surface area (Å²) in [5.74, 6) is -0.664. The van der Waals surface area contributed by atoms with Gasteiger partial charge >= 0.3 is 18.2 Å². The van der Waals surface area contributed by atoms with E-state index in [1.165, 1.54) is 17.7 Å². The fraction of sp³-hybridized carbons (Fsp3) is 0.469. The molecule has 2 aromatic carbocycles. The van der Waals surface area contributed by atoms with Gasteiger partial charge in [-0.05, 0) is 77.6 Å². The molecule has 2 heterocycles. The van der Waals surface area contributed by atoms with Crippen molar-refractivity contribution in [2.24, 2.45) is 0 Å². The Morgan fingerprint density at radius 2 is 1.52 bits per heavy atom. The molecular weight excluding hydrogens is 588 g/mol. The molecule has 11 nitrogen and oxygen atoms in total. The molecule has 1 aliphatic rings. The van der Waals surface area contributed by atoms with E-state index in [1.807, 2.05) is 32.9 Å². The monoisotopic (exact) mass is 628 g/mol. The summed E-state index contributed by atoms with van der Waals surface area (Å²) in [6.07, 6.45) is 1.40. The number of benzene rings is 2. The SMILES string of the molecule is COC(=O)c1cccc2c1c(COS(C)(=O)=O)c(-c1ccc(C3CCCN3C(=O)OC(C)(C)C)cc1)n2C(=O)OC(C)(C)C. The molecule has 3 aromatic rings. The lowest BCUT2D eigenvalue weighted by molar-refractivity contribution is 0.0224. The van der Waals surface area contributed by atoms with E-state index in [-0.39, 0.29) is 17.7 Å². The standard InChI is InChI=1S/C32H40N2O9S/c1-31(2,3)42-29(36)33-18-10-13-24(33)20-14-16-21(17-15-20)27-23(19-41-44(8,38)39)26-22(28(35)40-7)11-9-12-25(26)34(27)30(37)43-32(4,5)6/h9,11-12,14-17,24H,10,13,18-19H2,1-8H3. The predicted octanol–water partition coefficient (Wildman–Crippen LogP) is 6.43. The van der Waals surface area contributed by atoms with E-state index < -0.39 is 40.0 Å². The van der Waals surface area contributed by atoms with E-state index in [1.54, 1.807) is 49.9 Å². The van der Waals surface area contributed by atoms with Gasteiger partial charge in [0.25, 0.3) is 10.1 Å². The van der Waals surface area contributed by atoms with Crippen molar-refractivity contribution in [1.29, 1.82) is 0 Å². The van der Waals surface area contributed by atoms with Crippen LogP contribution in [0, 0.1) is 0 Å². The van der Waals surface area contributed by atoms with Crippen LogP contribution < -0.4 is 0 Å². The molecule has 1 atom stereocenters.